The number of carbonyl (C=O) groups excluding carboxylic acids is 1. The van der Waals surface area contributed by atoms with E-state index in [1.165, 1.54) is 5.56 Å². The normalized spacial score (nSPS) is 15.2. The quantitative estimate of drug-likeness (QED) is 0.850. The van der Waals surface area contributed by atoms with E-state index in [-0.39, 0.29) is 5.91 Å². The van der Waals surface area contributed by atoms with Crippen molar-refractivity contribution in [3.8, 4) is 0 Å². The Bertz CT molecular complexity index is 724. The van der Waals surface area contributed by atoms with E-state index in [1.54, 1.807) is 6.07 Å². The lowest BCUT2D eigenvalue weighted by Gasteiger charge is -2.34. The minimum absolute atomic E-state index is 0.00652. The Hall–Kier alpha value is -2.47. The summed E-state index contributed by atoms with van der Waals surface area (Å²) in [5.41, 5.74) is 2.60. The van der Waals surface area contributed by atoms with Crippen LogP contribution in [-0.4, -0.2) is 65.9 Å². The summed E-state index contributed by atoms with van der Waals surface area (Å²) in [6.07, 6.45) is 0. The van der Waals surface area contributed by atoms with Gasteiger partial charge in [-0.05, 0) is 18.6 Å². The highest BCUT2D eigenvalue weighted by molar-refractivity contribution is 5.92. The predicted octanol–water partition coefficient (Wildman–Crippen LogP) is 1.81. The molecular formula is C19H25N5O. The largest absolute Gasteiger partial charge is 0.347 e. The Balaban J connectivity index is 1.62. The molecule has 6 nitrogen and oxygen atoms in total. The van der Waals surface area contributed by atoms with Crippen LogP contribution in [0.25, 0.3) is 0 Å². The Kier molecular flexibility index (Phi) is 5.28. The number of aryl methyl sites for hydroxylation is 1. The smallest absolute Gasteiger partial charge is 0.272 e. The van der Waals surface area contributed by atoms with Gasteiger partial charge >= 0.3 is 0 Å². The second kappa shape index (κ2) is 7.61. The summed E-state index contributed by atoms with van der Waals surface area (Å²) >= 11 is 0. The van der Waals surface area contributed by atoms with Crippen LogP contribution < -0.4 is 4.90 Å². The van der Waals surface area contributed by atoms with Gasteiger partial charge in [-0.25, -0.2) is 9.97 Å². The van der Waals surface area contributed by atoms with Crippen LogP contribution in [0.4, 0.5) is 5.95 Å². The number of rotatable bonds is 4. The molecule has 25 heavy (non-hydrogen) atoms. The van der Waals surface area contributed by atoms with Crippen molar-refractivity contribution < 1.29 is 4.79 Å². The first-order valence-electron chi connectivity index (χ1n) is 8.61. The number of nitrogens with zero attached hydrogens (tertiary/aromatic N) is 5. The van der Waals surface area contributed by atoms with Crippen molar-refractivity contribution in [1.29, 1.82) is 0 Å². The Morgan fingerprint density at radius 1 is 1.08 bits per heavy atom. The first kappa shape index (κ1) is 17.4. The predicted molar refractivity (Wildman–Crippen MR) is 98.7 cm³/mol. The van der Waals surface area contributed by atoms with Crippen LogP contribution >= 0.6 is 0 Å². The van der Waals surface area contributed by atoms with Crippen molar-refractivity contribution in [1.82, 2.24) is 19.8 Å². The van der Waals surface area contributed by atoms with Gasteiger partial charge in [0, 0.05) is 52.5 Å². The topological polar surface area (TPSA) is 52.6 Å². The summed E-state index contributed by atoms with van der Waals surface area (Å²) in [5, 5.41) is 0. The molecule has 1 saturated heterocycles. The molecule has 132 valence electrons. The van der Waals surface area contributed by atoms with Gasteiger partial charge in [0.15, 0.2) is 0 Å². The molecule has 1 aromatic heterocycles. The maximum atomic E-state index is 12.8. The summed E-state index contributed by atoms with van der Waals surface area (Å²) in [7, 11) is 3.76. The van der Waals surface area contributed by atoms with Gasteiger partial charge in [0.2, 0.25) is 5.95 Å². The molecule has 1 fully saturated rings. The number of carbonyl (C=O) groups is 1. The summed E-state index contributed by atoms with van der Waals surface area (Å²) in [5.74, 6) is 0.569. The van der Waals surface area contributed by atoms with Gasteiger partial charge in [-0.1, -0.05) is 30.3 Å². The fraction of sp³-hybridized carbons (Fsp3) is 0.421. The van der Waals surface area contributed by atoms with Gasteiger partial charge in [-0.2, -0.15) is 0 Å². The van der Waals surface area contributed by atoms with Crippen molar-refractivity contribution >= 4 is 11.9 Å². The maximum Gasteiger partial charge on any atom is 0.272 e. The van der Waals surface area contributed by atoms with Gasteiger partial charge in [0.25, 0.3) is 5.91 Å². The second-order valence-electron chi connectivity index (χ2n) is 6.64. The molecule has 0 atom stereocenters. The third-order valence-corrected chi connectivity index (χ3v) is 4.37. The lowest BCUT2D eigenvalue weighted by molar-refractivity contribution is 0.0622. The molecule has 1 aliphatic heterocycles. The van der Waals surface area contributed by atoms with Gasteiger partial charge in [-0.3, -0.25) is 9.69 Å². The van der Waals surface area contributed by atoms with Crippen molar-refractivity contribution in [3.63, 3.8) is 0 Å². The third-order valence-electron chi connectivity index (χ3n) is 4.37. The lowest BCUT2D eigenvalue weighted by Crippen LogP contribution is -2.48. The standard InChI is InChI=1S/C19H25N5O/c1-15-13-17(21-19(20-15)22(2)3)18(25)24-11-9-23(10-12-24)14-16-7-5-4-6-8-16/h4-8,13H,9-12,14H2,1-3H3. The first-order chi connectivity index (χ1) is 12.0. The second-order valence-corrected chi connectivity index (χ2v) is 6.64. The SMILES string of the molecule is Cc1cc(C(=O)N2CCN(Cc3ccccc3)CC2)nc(N(C)C)n1. The summed E-state index contributed by atoms with van der Waals surface area (Å²) in [6.45, 7) is 6.04. The van der Waals surface area contributed by atoms with Crippen LogP contribution in [0.3, 0.4) is 0 Å². The fourth-order valence-corrected chi connectivity index (χ4v) is 2.98. The van der Waals surface area contributed by atoms with Gasteiger partial charge in [-0.15, -0.1) is 0 Å². The Labute approximate surface area is 149 Å². The first-order valence-corrected chi connectivity index (χ1v) is 8.61. The summed E-state index contributed by atoms with van der Waals surface area (Å²) in [6, 6.07) is 12.2. The van der Waals surface area contributed by atoms with E-state index in [4.69, 9.17) is 0 Å². The molecule has 0 unspecified atom stereocenters. The Morgan fingerprint density at radius 2 is 1.76 bits per heavy atom. The number of benzene rings is 1. The van der Waals surface area contributed by atoms with Crippen LogP contribution in [0.5, 0.6) is 0 Å². The van der Waals surface area contributed by atoms with Gasteiger partial charge < -0.3 is 9.80 Å². The van der Waals surface area contributed by atoms with E-state index < -0.39 is 0 Å². The molecule has 1 aromatic carbocycles. The van der Waals surface area contributed by atoms with Gasteiger partial charge in [0.1, 0.15) is 5.69 Å². The highest BCUT2D eigenvalue weighted by Crippen LogP contribution is 2.13. The zero-order chi connectivity index (χ0) is 17.8. The molecule has 0 spiro atoms. The number of piperazine rings is 1. The average molecular weight is 339 g/mol. The molecule has 0 saturated carbocycles. The van der Waals surface area contributed by atoms with E-state index in [0.29, 0.717) is 11.6 Å². The van der Waals surface area contributed by atoms with E-state index in [9.17, 15) is 4.79 Å². The highest BCUT2D eigenvalue weighted by Gasteiger charge is 2.23. The molecule has 2 aromatic rings. The highest BCUT2D eigenvalue weighted by atomic mass is 16.2. The summed E-state index contributed by atoms with van der Waals surface area (Å²) < 4.78 is 0. The van der Waals surface area contributed by atoms with E-state index in [2.05, 4.69) is 39.1 Å². The minimum Gasteiger partial charge on any atom is -0.347 e. The lowest BCUT2D eigenvalue weighted by atomic mass is 10.2. The van der Waals surface area contributed by atoms with Crippen molar-refractivity contribution in [3.05, 3.63) is 53.3 Å². The third kappa shape index (κ3) is 4.33. The van der Waals surface area contributed by atoms with E-state index >= 15 is 0 Å². The number of hydrogen-bond donors (Lipinski definition) is 0. The molecule has 0 radical (unpaired) electrons. The summed E-state index contributed by atoms with van der Waals surface area (Å²) in [4.78, 5) is 27.6. The average Bonchev–Trinajstić information content (AvgIpc) is 2.62. The van der Waals surface area contributed by atoms with E-state index in [0.717, 1.165) is 38.4 Å². The number of hydrogen-bond acceptors (Lipinski definition) is 5. The zero-order valence-electron chi connectivity index (χ0n) is 15.1. The minimum atomic E-state index is -0.00652. The molecule has 0 bridgehead atoms. The van der Waals surface area contributed by atoms with Gasteiger partial charge in [0.05, 0.1) is 0 Å². The molecule has 0 aliphatic carbocycles. The van der Waals surface area contributed by atoms with Crippen molar-refractivity contribution in [2.75, 3.05) is 45.2 Å². The van der Waals surface area contributed by atoms with Crippen LogP contribution in [0.1, 0.15) is 21.7 Å². The fourth-order valence-electron chi connectivity index (χ4n) is 2.98. The van der Waals surface area contributed by atoms with Crippen LogP contribution in [0.15, 0.2) is 36.4 Å². The molecule has 2 heterocycles. The van der Waals surface area contributed by atoms with Crippen molar-refractivity contribution in [2.45, 2.75) is 13.5 Å². The van der Waals surface area contributed by atoms with E-state index in [1.807, 2.05) is 36.9 Å². The molecule has 6 heteroatoms. The van der Waals surface area contributed by atoms with Crippen LogP contribution in [0.2, 0.25) is 0 Å². The Morgan fingerprint density at radius 3 is 2.40 bits per heavy atom. The monoisotopic (exact) mass is 339 g/mol. The van der Waals surface area contributed by atoms with Crippen molar-refractivity contribution in [2.24, 2.45) is 0 Å². The molecule has 0 N–H and O–H groups in total. The van der Waals surface area contributed by atoms with Crippen LogP contribution in [0, 0.1) is 6.92 Å². The molecule has 3 rings (SSSR count). The van der Waals surface area contributed by atoms with Crippen LogP contribution in [-0.2, 0) is 6.54 Å². The maximum absolute atomic E-state index is 12.8. The number of amides is 1. The molecule has 1 aliphatic rings. The number of anilines is 1. The zero-order valence-corrected chi connectivity index (χ0v) is 15.1. The number of aromatic nitrogens is 2. The molecule has 1 amide bonds. The molecular weight excluding hydrogens is 314 g/mol.